The Hall–Kier alpha value is -2.81. The number of rotatable bonds is 5. The van der Waals surface area contributed by atoms with E-state index in [9.17, 15) is 4.79 Å². The third-order valence-corrected chi connectivity index (χ3v) is 4.22. The number of likely N-dealkylation sites (tertiary alicyclic amines) is 1. The average molecular weight is 324 g/mol. The van der Waals surface area contributed by atoms with Crippen LogP contribution in [-0.2, 0) is 24.2 Å². The van der Waals surface area contributed by atoms with E-state index in [1.165, 1.54) is 0 Å². The highest BCUT2D eigenvalue weighted by Gasteiger charge is 2.34. The maximum Gasteiger partial charge on any atom is 0.410 e. The molecule has 1 aliphatic rings. The van der Waals surface area contributed by atoms with Gasteiger partial charge in [-0.15, -0.1) is 0 Å². The number of nitrogens with zero attached hydrogens (tertiary/aromatic N) is 4. The third-order valence-electron chi connectivity index (χ3n) is 4.22. The SMILES string of the molecule is CCc1cn(C2CN(C(=O)OCc3ccccc3)C2)nc1CC#N. The van der Waals surface area contributed by atoms with Crippen molar-refractivity contribution < 1.29 is 9.53 Å². The molecule has 1 aromatic carbocycles. The van der Waals surface area contributed by atoms with Gasteiger partial charge < -0.3 is 9.64 Å². The van der Waals surface area contributed by atoms with Crippen LogP contribution in [-0.4, -0.2) is 33.9 Å². The van der Waals surface area contributed by atoms with Crippen LogP contribution in [0.2, 0.25) is 0 Å². The number of hydrogen-bond acceptors (Lipinski definition) is 4. The van der Waals surface area contributed by atoms with Gasteiger partial charge in [0.2, 0.25) is 0 Å². The fourth-order valence-corrected chi connectivity index (χ4v) is 2.76. The summed E-state index contributed by atoms with van der Waals surface area (Å²) in [6.07, 6.45) is 2.87. The van der Waals surface area contributed by atoms with Crippen LogP contribution in [0.4, 0.5) is 4.79 Å². The monoisotopic (exact) mass is 324 g/mol. The molecule has 0 saturated carbocycles. The summed E-state index contributed by atoms with van der Waals surface area (Å²) < 4.78 is 7.20. The highest BCUT2D eigenvalue weighted by atomic mass is 16.6. The first-order valence-electron chi connectivity index (χ1n) is 8.10. The highest BCUT2D eigenvalue weighted by Crippen LogP contribution is 2.23. The molecule has 2 heterocycles. The number of carbonyl (C=O) groups is 1. The third kappa shape index (κ3) is 3.40. The number of ether oxygens (including phenoxy) is 1. The lowest BCUT2D eigenvalue weighted by molar-refractivity contribution is 0.0496. The Morgan fingerprint density at radius 2 is 2.12 bits per heavy atom. The van der Waals surface area contributed by atoms with E-state index in [0.717, 1.165) is 23.2 Å². The Morgan fingerprint density at radius 1 is 1.38 bits per heavy atom. The van der Waals surface area contributed by atoms with Crippen LogP contribution in [0.5, 0.6) is 0 Å². The van der Waals surface area contributed by atoms with E-state index in [4.69, 9.17) is 10.00 Å². The molecule has 0 aliphatic carbocycles. The van der Waals surface area contributed by atoms with E-state index < -0.39 is 0 Å². The minimum atomic E-state index is -0.296. The quantitative estimate of drug-likeness (QED) is 0.848. The normalized spacial score (nSPS) is 14.1. The van der Waals surface area contributed by atoms with Gasteiger partial charge in [0.15, 0.2) is 0 Å². The summed E-state index contributed by atoms with van der Waals surface area (Å²) in [5.41, 5.74) is 2.91. The predicted octanol–water partition coefficient (Wildman–Crippen LogP) is 2.71. The van der Waals surface area contributed by atoms with E-state index in [1.54, 1.807) is 4.90 Å². The van der Waals surface area contributed by atoms with E-state index in [0.29, 0.717) is 19.5 Å². The molecule has 1 fully saturated rings. The molecule has 6 nitrogen and oxygen atoms in total. The molecule has 0 radical (unpaired) electrons. The lowest BCUT2D eigenvalue weighted by Crippen LogP contribution is -2.51. The van der Waals surface area contributed by atoms with E-state index in [2.05, 4.69) is 18.1 Å². The number of amides is 1. The minimum absolute atomic E-state index is 0.159. The van der Waals surface area contributed by atoms with Gasteiger partial charge in [-0.05, 0) is 17.5 Å². The maximum absolute atomic E-state index is 12.0. The average Bonchev–Trinajstić information content (AvgIpc) is 2.95. The van der Waals surface area contributed by atoms with Crippen LogP contribution in [0.3, 0.4) is 0 Å². The molecule has 0 atom stereocenters. The minimum Gasteiger partial charge on any atom is -0.445 e. The van der Waals surface area contributed by atoms with Crippen LogP contribution >= 0.6 is 0 Å². The van der Waals surface area contributed by atoms with Crippen molar-refractivity contribution in [1.82, 2.24) is 14.7 Å². The Morgan fingerprint density at radius 3 is 2.79 bits per heavy atom. The summed E-state index contributed by atoms with van der Waals surface area (Å²) in [6, 6.07) is 11.9. The van der Waals surface area contributed by atoms with Crippen LogP contribution in [0, 0.1) is 11.3 Å². The molecule has 124 valence electrons. The summed E-state index contributed by atoms with van der Waals surface area (Å²) in [7, 11) is 0. The first-order chi connectivity index (χ1) is 11.7. The van der Waals surface area contributed by atoms with Crippen molar-refractivity contribution in [3.05, 3.63) is 53.3 Å². The molecule has 24 heavy (non-hydrogen) atoms. The molecule has 1 saturated heterocycles. The second-order valence-corrected chi connectivity index (χ2v) is 5.87. The molecular weight excluding hydrogens is 304 g/mol. The molecule has 3 rings (SSSR count). The number of benzene rings is 1. The zero-order valence-corrected chi connectivity index (χ0v) is 13.7. The van der Waals surface area contributed by atoms with Gasteiger partial charge in [-0.1, -0.05) is 37.3 Å². The van der Waals surface area contributed by atoms with Gasteiger partial charge in [-0.2, -0.15) is 10.4 Å². The lowest BCUT2D eigenvalue weighted by Gasteiger charge is -2.38. The smallest absolute Gasteiger partial charge is 0.410 e. The van der Waals surface area contributed by atoms with Gasteiger partial charge >= 0.3 is 6.09 Å². The number of aryl methyl sites for hydroxylation is 1. The number of carbonyl (C=O) groups excluding carboxylic acids is 1. The Bertz CT molecular complexity index is 742. The summed E-state index contributed by atoms with van der Waals surface area (Å²) in [6.45, 7) is 3.51. The molecule has 1 amide bonds. The van der Waals surface area contributed by atoms with Crippen molar-refractivity contribution in [3.63, 3.8) is 0 Å². The van der Waals surface area contributed by atoms with Gasteiger partial charge in [0, 0.05) is 19.3 Å². The molecule has 6 heteroatoms. The molecule has 0 spiro atoms. The Kier molecular flexibility index (Phi) is 4.80. The van der Waals surface area contributed by atoms with Crippen LogP contribution in [0.15, 0.2) is 36.5 Å². The second kappa shape index (κ2) is 7.18. The molecule has 0 N–H and O–H groups in total. The molecule has 0 unspecified atom stereocenters. The topological polar surface area (TPSA) is 71.2 Å². The van der Waals surface area contributed by atoms with Crippen molar-refractivity contribution in [2.24, 2.45) is 0 Å². The van der Waals surface area contributed by atoms with Crippen LogP contribution in [0.1, 0.15) is 29.8 Å². The molecule has 1 aliphatic heterocycles. The number of aromatic nitrogens is 2. The molecular formula is C18H20N4O2. The van der Waals surface area contributed by atoms with Crippen molar-refractivity contribution in [1.29, 1.82) is 5.26 Å². The van der Waals surface area contributed by atoms with Crippen LogP contribution in [0.25, 0.3) is 0 Å². The van der Waals surface area contributed by atoms with Gasteiger partial charge in [0.25, 0.3) is 0 Å². The van der Waals surface area contributed by atoms with Crippen LogP contribution < -0.4 is 0 Å². The maximum atomic E-state index is 12.0. The highest BCUT2D eigenvalue weighted by molar-refractivity contribution is 5.68. The van der Waals surface area contributed by atoms with E-state index in [1.807, 2.05) is 41.2 Å². The fraction of sp³-hybridized carbons (Fsp3) is 0.389. The van der Waals surface area contributed by atoms with Gasteiger partial charge in [-0.3, -0.25) is 4.68 Å². The molecule has 2 aromatic rings. The molecule has 0 bridgehead atoms. The lowest BCUT2D eigenvalue weighted by atomic mass is 10.1. The first kappa shape index (κ1) is 16.1. The van der Waals surface area contributed by atoms with E-state index in [-0.39, 0.29) is 18.7 Å². The Balaban J connectivity index is 1.51. The molecule has 1 aromatic heterocycles. The standard InChI is InChI=1S/C18H20N4O2/c1-2-15-10-22(20-17(15)8-9-19)16-11-21(12-16)18(23)24-13-14-6-4-3-5-7-14/h3-7,10,16H,2,8,11-13H2,1H3. The van der Waals surface area contributed by atoms with Crippen molar-refractivity contribution in [2.45, 2.75) is 32.4 Å². The largest absolute Gasteiger partial charge is 0.445 e. The predicted molar refractivity (Wildman–Crippen MR) is 88.2 cm³/mol. The Labute approximate surface area is 141 Å². The number of hydrogen-bond donors (Lipinski definition) is 0. The second-order valence-electron chi connectivity index (χ2n) is 5.87. The van der Waals surface area contributed by atoms with Crippen molar-refractivity contribution in [3.8, 4) is 6.07 Å². The number of nitriles is 1. The summed E-state index contributed by atoms with van der Waals surface area (Å²) >= 11 is 0. The van der Waals surface area contributed by atoms with Gasteiger partial charge in [-0.25, -0.2) is 4.79 Å². The van der Waals surface area contributed by atoms with Gasteiger partial charge in [0.05, 0.1) is 24.2 Å². The van der Waals surface area contributed by atoms with E-state index >= 15 is 0 Å². The van der Waals surface area contributed by atoms with Crippen molar-refractivity contribution >= 4 is 6.09 Å². The zero-order chi connectivity index (χ0) is 16.9. The first-order valence-corrected chi connectivity index (χ1v) is 8.10. The summed E-state index contributed by atoms with van der Waals surface area (Å²) in [5, 5.41) is 13.4. The van der Waals surface area contributed by atoms with Crippen molar-refractivity contribution in [2.75, 3.05) is 13.1 Å². The zero-order valence-electron chi connectivity index (χ0n) is 13.7. The summed E-state index contributed by atoms with van der Waals surface area (Å²) in [5.74, 6) is 0. The van der Waals surface area contributed by atoms with Gasteiger partial charge in [0.1, 0.15) is 6.61 Å². The fourth-order valence-electron chi connectivity index (χ4n) is 2.76. The summed E-state index contributed by atoms with van der Waals surface area (Å²) in [4.78, 5) is 13.7.